The van der Waals surface area contributed by atoms with E-state index in [-0.39, 0.29) is 6.29 Å². The maximum absolute atomic E-state index is 8.90. The van der Waals surface area contributed by atoms with Crippen LogP contribution < -0.4 is 10.7 Å². The van der Waals surface area contributed by atoms with Gasteiger partial charge in [-0.25, -0.2) is 15.0 Å². The van der Waals surface area contributed by atoms with Crippen molar-refractivity contribution >= 4 is 24.1 Å². The van der Waals surface area contributed by atoms with E-state index in [0.29, 0.717) is 5.56 Å². The molecule has 2 aromatic rings. The quantitative estimate of drug-likeness (QED) is 0.897. The normalized spacial score (nSPS) is 15.8. The Morgan fingerprint density at radius 1 is 1.08 bits per heavy atom. The first-order chi connectivity index (χ1) is 12.1. The van der Waals surface area contributed by atoms with Gasteiger partial charge in [-0.3, -0.25) is 5.43 Å². The number of nitrogens with one attached hydrogen (secondary N) is 2. The highest BCUT2D eigenvalue weighted by molar-refractivity contribution is 5.76. The van der Waals surface area contributed by atoms with Crippen LogP contribution in [0.3, 0.4) is 0 Å². The third-order valence-corrected chi connectivity index (χ3v) is 3.96. The summed E-state index contributed by atoms with van der Waals surface area (Å²) in [5.41, 5.74) is 9.50. The van der Waals surface area contributed by atoms with Crippen LogP contribution in [0.1, 0.15) is 22.3 Å². The molecule has 1 heterocycles. The fourth-order valence-corrected chi connectivity index (χ4v) is 2.81. The van der Waals surface area contributed by atoms with E-state index >= 15 is 0 Å². The fraction of sp³-hybridized carbons (Fsp3) is 0.211. The second kappa shape index (κ2) is 7.05. The molecule has 0 radical (unpaired) electrons. The first-order valence-corrected chi connectivity index (χ1v) is 8.01. The molecule has 0 amide bonds. The monoisotopic (exact) mass is 332 g/mol. The van der Waals surface area contributed by atoms with E-state index in [4.69, 9.17) is 5.26 Å². The van der Waals surface area contributed by atoms with Gasteiger partial charge >= 0.3 is 0 Å². The first kappa shape index (κ1) is 16.5. The zero-order valence-electron chi connectivity index (χ0n) is 14.5. The van der Waals surface area contributed by atoms with Gasteiger partial charge in [0.2, 0.25) is 6.29 Å². The van der Waals surface area contributed by atoms with Gasteiger partial charge in [0, 0.05) is 5.69 Å². The average molecular weight is 332 g/mol. The molecule has 1 aliphatic heterocycles. The van der Waals surface area contributed by atoms with Crippen molar-refractivity contribution in [1.29, 1.82) is 5.26 Å². The Labute approximate surface area is 147 Å². The van der Waals surface area contributed by atoms with Crippen LogP contribution in [0.15, 0.2) is 46.4 Å². The van der Waals surface area contributed by atoms with Crippen molar-refractivity contribution in [3.63, 3.8) is 0 Å². The van der Waals surface area contributed by atoms with E-state index in [1.165, 1.54) is 11.9 Å². The topological polar surface area (TPSA) is 75.8 Å². The molecule has 126 valence electrons. The predicted molar refractivity (Wildman–Crippen MR) is 102 cm³/mol. The molecule has 0 aromatic heterocycles. The van der Waals surface area contributed by atoms with Crippen LogP contribution in [0.2, 0.25) is 0 Å². The number of hydrogen-bond acceptors (Lipinski definition) is 6. The highest BCUT2D eigenvalue weighted by Crippen LogP contribution is 2.23. The van der Waals surface area contributed by atoms with E-state index in [0.717, 1.165) is 22.5 Å². The SMILES string of the molecule is Cc1cc(C)c(NN2C=NC=NC2Nc2ccc(C#N)cc2)c(C)c1. The van der Waals surface area contributed by atoms with Crippen molar-refractivity contribution in [2.75, 3.05) is 10.7 Å². The Bertz CT molecular complexity index is 837. The third kappa shape index (κ3) is 3.78. The summed E-state index contributed by atoms with van der Waals surface area (Å²) in [7, 11) is 0. The van der Waals surface area contributed by atoms with E-state index in [9.17, 15) is 0 Å². The Balaban J connectivity index is 1.79. The number of anilines is 2. The molecule has 1 aliphatic rings. The van der Waals surface area contributed by atoms with Gasteiger partial charge in [0.05, 0.1) is 17.3 Å². The van der Waals surface area contributed by atoms with Crippen molar-refractivity contribution in [2.24, 2.45) is 9.98 Å². The zero-order chi connectivity index (χ0) is 17.8. The highest BCUT2D eigenvalue weighted by Gasteiger charge is 2.18. The molecule has 0 saturated carbocycles. The summed E-state index contributed by atoms with van der Waals surface area (Å²) in [5, 5.41) is 14.0. The first-order valence-electron chi connectivity index (χ1n) is 8.01. The lowest BCUT2D eigenvalue weighted by Crippen LogP contribution is -2.44. The molecule has 1 atom stereocenters. The molecular formula is C19H20N6. The minimum absolute atomic E-state index is 0.342. The number of aliphatic imine (C=N–C) groups is 2. The number of hydrazine groups is 1. The summed E-state index contributed by atoms with van der Waals surface area (Å²) in [6, 6.07) is 13.7. The average Bonchev–Trinajstić information content (AvgIpc) is 2.60. The predicted octanol–water partition coefficient (Wildman–Crippen LogP) is 3.58. The highest BCUT2D eigenvalue weighted by atomic mass is 15.6. The summed E-state index contributed by atoms with van der Waals surface area (Å²) in [6.07, 6.45) is 2.88. The second-order valence-corrected chi connectivity index (χ2v) is 6.03. The maximum Gasteiger partial charge on any atom is 0.216 e. The van der Waals surface area contributed by atoms with Crippen molar-refractivity contribution in [3.05, 3.63) is 58.7 Å². The fourth-order valence-electron chi connectivity index (χ4n) is 2.81. The Hall–Kier alpha value is -3.33. The number of benzene rings is 2. The molecule has 3 rings (SSSR count). The number of rotatable bonds is 4. The van der Waals surface area contributed by atoms with Gasteiger partial charge in [-0.15, -0.1) is 0 Å². The lowest BCUT2D eigenvalue weighted by Gasteiger charge is -2.31. The third-order valence-electron chi connectivity index (χ3n) is 3.96. The number of nitriles is 1. The molecule has 2 N–H and O–H groups in total. The summed E-state index contributed by atoms with van der Waals surface area (Å²) < 4.78 is 0. The Morgan fingerprint density at radius 3 is 2.40 bits per heavy atom. The standard InChI is InChI=1S/C19H20N6/c1-13-8-14(2)18(15(3)9-13)24-25-12-21-11-22-19(25)23-17-6-4-16(10-20)5-7-17/h4-9,11-12,19,23-24H,1-3H3. The molecule has 2 aromatic carbocycles. The Morgan fingerprint density at radius 2 is 1.76 bits per heavy atom. The van der Waals surface area contributed by atoms with Gasteiger partial charge in [0.1, 0.15) is 12.7 Å². The maximum atomic E-state index is 8.90. The number of aryl methyl sites for hydroxylation is 3. The number of hydrogen-bond donors (Lipinski definition) is 2. The van der Waals surface area contributed by atoms with E-state index in [1.807, 2.05) is 17.1 Å². The van der Waals surface area contributed by atoms with Crippen LogP contribution in [-0.4, -0.2) is 24.0 Å². The summed E-state index contributed by atoms with van der Waals surface area (Å²) in [5.74, 6) is 0. The minimum atomic E-state index is -0.342. The van der Waals surface area contributed by atoms with Gasteiger partial charge in [0.25, 0.3) is 0 Å². The van der Waals surface area contributed by atoms with Crippen LogP contribution in [0.25, 0.3) is 0 Å². The van der Waals surface area contributed by atoms with E-state index in [2.05, 4.69) is 59.7 Å². The van der Waals surface area contributed by atoms with Gasteiger partial charge in [-0.05, 0) is 56.2 Å². The van der Waals surface area contributed by atoms with Crippen LogP contribution in [-0.2, 0) is 0 Å². The summed E-state index contributed by atoms with van der Waals surface area (Å²) in [4.78, 5) is 8.50. The largest absolute Gasteiger partial charge is 0.345 e. The van der Waals surface area contributed by atoms with Crippen LogP contribution in [0.5, 0.6) is 0 Å². The molecule has 0 aliphatic carbocycles. The second-order valence-electron chi connectivity index (χ2n) is 6.03. The van der Waals surface area contributed by atoms with Crippen LogP contribution >= 0.6 is 0 Å². The van der Waals surface area contributed by atoms with Crippen molar-refractivity contribution in [1.82, 2.24) is 5.01 Å². The molecule has 0 fully saturated rings. The smallest absolute Gasteiger partial charge is 0.216 e. The van der Waals surface area contributed by atoms with Gasteiger partial charge in [-0.1, -0.05) is 17.7 Å². The Kier molecular flexibility index (Phi) is 4.66. The van der Waals surface area contributed by atoms with Crippen LogP contribution in [0, 0.1) is 32.1 Å². The molecule has 0 spiro atoms. The van der Waals surface area contributed by atoms with Gasteiger partial charge in [0.15, 0.2) is 0 Å². The van der Waals surface area contributed by atoms with Crippen LogP contribution in [0.4, 0.5) is 11.4 Å². The van der Waals surface area contributed by atoms with Gasteiger partial charge in [-0.2, -0.15) is 5.26 Å². The number of nitrogens with zero attached hydrogens (tertiary/aromatic N) is 4. The molecule has 1 unspecified atom stereocenters. The minimum Gasteiger partial charge on any atom is -0.345 e. The van der Waals surface area contributed by atoms with E-state index < -0.39 is 0 Å². The summed E-state index contributed by atoms with van der Waals surface area (Å²) in [6.45, 7) is 6.25. The van der Waals surface area contributed by atoms with E-state index in [1.54, 1.807) is 18.5 Å². The molecule has 6 nitrogen and oxygen atoms in total. The van der Waals surface area contributed by atoms with Gasteiger partial charge < -0.3 is 5.32 Å². The molecule has 0 saturated heterocycles. The molecule has 25 heavy (non-hydrogen) atoms. The van der Waals surface area contributed by atoms with Crippen molar-refractivity contribution in [2.45, 2.75) is 27.1 Å². The van der Waals surface area contributed by atoms with Crippen molar-refractivity contribution < 1.29 is 0 Å². The molecule has 0 bridgehead atoms. The summed E-state index contributed by atoms with van der Waals surface area (Å²) >= 11 is 0. The van der Waals surface area contributed by atoms with Crippen molar-refractivity contribution in [3.8, 4) is 6.07 Å². The molecule has 6 heteroatoms. The zero-order valence-corrected chi connectivity index (χ0v) is 14.5. The lowest BCUT2D eigenvalue weighted by atomic mass is 10.1. The molecular weight excluding hydrogens is 312 g/mol. The lowest BCUT2D eigenvalue weighted by molar-refractivity contribution is 0.414.